The monoisotopic (exact) mass is 194 g/mol. The second kappa shape index (κ2) is 4.62. The maximum atomic E-state index is 5.63. The SMILES string of the molecule is CN1C=CC=C(COC[C@@H]2CCN2)C1. The molecular weight excluding hydrogens is 176 g/mol. The molecule has 2 aliphatic heterocycles. The Bertz CT molecular complexity index is 244. The van der Waals surface area contributed by atoms with E-state index in [0.717, 1.165) is 26.3 Å². The molecule has 0 saturated carbocycles. The molecule has 1 N–H and O–H groups in total. The van der Waals surface area contributed by atoms with Crippen molar-refractivity contribution in [3.63, 3.8) is 0 Å². The highest BCUT2D eigenvalue weighted by molar-refractivity contribution is 5.18. The molecule has 0 spiro atoms. The summed E-state index contributed by atoms with van der Waals surface area (Å²) in [5.41, 5.74) is 1.36. The van der Waals surface area contributed by atoms with Crippen LogP contribution in [0.2, 0.25) is 0 Å². The molecule has 0 aromatic carbocycles. The Labute approximate surface area is 85.4 Å². The van der Waals surface area contributed by atoms with E-state index in [1.54, 1.807) is 0 Å². The molecule has 3 heteroatoms. The lowest BCUT2D eigenvalue weighted by molar-refractivity contribution is 0.106. The topological polar surface area (TPSA) is 24.5 Å². The van der Waals surface area contributed by atoms with Gasteiger partial charge in [0.05, 0.1) is 13.2 Å². The third-order valence-electron chi connectivity index (χ3n) is 2.66. The van der Waals surface area contributed by atoms with Crippen molar-refractivity contribution < 1.29 is 4.74 Å². The molecule has 0 aromatic heterocycles. The summed E-state index contributed by atoms with van der Waals surface area (Å²) >= 11 is 0. The predicted molar refractivity (Wildman–Crippen MR) is 57.1 cm³/mol. The maximum Gasteiger partial charge on any atom is 0.0697 e. The number of rotatable bonds is 4. The van der Waals surface area contributed by atoms with E-state index in [1.807, 2.05) is 0 Å². The molecular formula is C11H18N2O. The maximum absolute atomic E-state index is 5.63. The van der Waals surface area contributed by atoms with Gasteiger partial charge in [-0.3, -0.25) is 0 Å². The van der Waals surface area contributed by atoms with Crippen LogP contribution in [-0.2, 0) is 4.74 Å². The average Bonchev–Trinajstić information content (AvgIpc) is 2.09. The van der Waals surface area contributed by atoms with Crippen LogP contribution in [-0.4, -0.2) is 44.3 Å². The summed E-state index contributed by atoms with van der Waals surface area (Å²) in [7, 11) is 2.08. The van der Waals surface area contributed by atoms with Gasteiger partial charge in [-0.25, -0.2) is 0 Å². The van der Waals surface area contributed by atoms with Crippen LogP contribution in [0.3, 0.4) is 0 Å². The first-order valence-corrected chi connectivity index (χ1v) is 5.22. The minimum atomic E-state index is 0.604. The Kier molecular flexibility index (Phi) is 3.22. The lowest BCUT2D eigenvalue weighted by Gasteiger charge is -2.27. The van der Waals surface area contributed by atoms with Crippen molar-refractivity contribution >= 4 is 0 Å². The number of allylic oxidation sites excluding steroid dienone is 2. The second-order valence-electron chi connectivity index (χ2n) is 4.04. The Morgan fingerprint density at radius 1 is 1.64 bits per heavy atom. The smallest absolute Gasteiger partial charge is 0.0697 e. The summed E-state index contributed by atoms with van der Waals surface area (Å²) in [6.07, 6.45) is 7.56. The van der Waals surface area contributed by atoms with Crippen molar-refractivity contribution in [1.82, 2.24) is 10.2 Å². The van der Waals surface area contributed by atoms with E-state index in [0.29, 0.717) is 6.04 Å². The zero-order valence-electron chi connectivity index (χ0n) is 8.70. The van der Waals surface area contributed by atoms with E-state index in [1.165, 1.54) is 12.0 Å². The van der Waals surface area contributed by atoms with Crippen LogP contribution in [0.5, 0.6) is 0 Å². The van der Waals surface area contributed by atoms with E-state index in [-0.39, 0.29) is 0 Å². The van der Waals surface area contributed by atoms with Crippen LogP contribution >= 0.6 is 0 Å². The van der Waals surface area contributed by atoms with E-state index in [9.17, 15) is 0 Å². The van der Waals surface area contributed by atoms with Crippen LogP contribution in [0.1, 0.15) is 6.42 Å². The van der Waals surface area contributed by atoms with Crippen molar-refractivity contribution in [3.05, 3.63) is 23.9 Å². The molecule has 0 unspecified atom stereocenters. The molecule has 3 nitrogen and oxygen atoms in total. The zero-order valence-corrected chi connectivity index (χ0v) is 8.70. The first-order valence-electron chi connectivity index (χ1n) is 5.22. The molecule has 0 radical (unpaired) electrons. The summed E-state index contributed by atoms with van der Waals surface area (Å²) in [6.45, 7) is 3.77. The van der Waals surface area contributed by atoms with E-state index in [2.05, 4.69) is 35.6 Å². The fraction of sp³-hybridized carbons (Fsp3) is 0.636. The highest BCUT2D eigenvalue weighted by Crippen LogP contribution is 2.07. The third-order valence-corrected chi connectivity index (χ3v) is 2.66. The number of ether oxygens (including phenoxy) is 1. The molecule has 2 aliphatic rings. The van der Waals surface area contributed by atoms with Gasteiger partial charge < -0.3 is 15.0 Å². The molecule has 2 rings (SSSR count). The van der Waals surface area contributed by atoms with Gasteiger partial charge in [0.2, 0.25) is 0 Å². The van der Waals surface area contributed by atoms with Crippen LogP contribution in [0.15, 0.2) is 23.9 Å². The molecule has 1 fully saturated rings. The second-order valence-corrected chi connectivity index (χ2v) is 4.04. The van der Waals surface area contributed by atoms with E-state index >= 15 is 0 Å². The van der Waals surface area contributed by atoms with Gasteiger partial charge in [-0.2, -0.15) is 0 Å². The predicted octanol–water partition coefficient (Wildman–Crippen LogP) is 0.750. The first kappa shape index (κ1) is 9.74. The standard InChI is InChI=1S/C11H18N2O/c1-13-6-2-3-10(7-13)8-14-9-11-4-5-12-11/h2-3,6,11-12H,4-5,7-9H2,1H3/t11-/m0/s1. The van der Waals surface area contributed by atoms with Gasteiger partial charge in [-0.05, 0) is 30.8 Å². The third kappa shape index (κ3) is 2.59. The van der Waals surface area contributed by atoms with Gasteiger partial charge in [0, 0.05) is 19.6 Å². The number of hydrogen-bond acceptors (Lipinski definition) is 3. The zero-order chi connectivity index (χ0) is 9.80. The quantitative estimate of drug-likeness (QED) is 0.714. The highest BCUT2D eigenvalue weighted by Gasteiger charge is 2.16. The molecule has 78 valence electrons. The minimum Gasteiger partial charge on any atom is -0.376 e. The van der Waals surface area contributed by atoms with Gasteiger partial charge in [0.1, 0.15) is 0 Å². The minimum absolute atomic E-state index is 0.604. The number of nitrogens with zero attached hydrogens (tertiary/aromatic N) is 1. The van der Waals surface area contributed by atoms with E-state index in [4.69, 9.17) is 4.74 Å². The van der Waals surface area contributed by atoms with Crippen molar-refractivity contribution in [2.45, 2.75) is 12.5 Å². The lowest BCUT2D eigenvalue weighted by atomic mass is 10.1. The van der Waals surface area contributed by atoms with Gasteiger partial charge in [-0.1, -0.05) is 6.08 Å². The molecule has 14 heavy (non-hydrogen) atoms. The van der Waals surface area contributed by atoms with Gasteiger partial charge in [0.15, 0.2) is 0 Å². The Hall–Kier alpha value is -0.800. The van der Waals surface area contributed by atoms with Crippen LogP contribution < -0.4 is 5.32 Å². The summed E-state index contributed by atoms with van der Waals surface area (Å²) in [6, 6.07) is 0.604. The highest BCUT2D eigenvalue weighted by atomic mass is 16.5. The summed E-state index contributed by atoms with van der Waals surface area (Å²) < 4.78 is 5.63. The van der Waals surface area contributed by atoms with Crippen molar-refractivity contribution in [3.8, 4) is 0 Å². The van der Waals surface area contributed by atoms with Crippen molar-refractivity contribution in [2.75, 3.05) is 33.4 Å². The lowest BCUT2D eigenvalue weighted by Crippen LogP contribution is -2.46. The van der Waals surface area contributed by atoms with Gasteiger partial charge >= 0.3 is 0 Å². The van der Waals surface area contributed by atoms with E-state index < -0.39 is 0 Å². The molecule has 0 aliphatic carbocycles. The van der Waals surface area contributed by atoms with Crippen LogP contribution in [0.4, 0.5) is 0 Å². The largest absolute Gasteiger partial charge is 0.376 e. The summed E-state index contributed by atoms with van der Waals surface area (Å²) in [5.74, 6) is 0. The Morgan fingerprint density at radius 3 is 3.14 bits per heavy atom. The summed E-state index contributed by atoms with van der Waals surface area (Å²) in [5, 5.41) is 3.32. The van der Waals surface area contributed by atoms with Gasteiger partial charge in [0.25, 0.3) is 0 Å². The van der Waals surface area contributed by atoms with Crippen molar-refractivity contribution in [2.24, 2.45) is 0 Å². The van der Waals surface area contributed by atoms with Crippen LogP contribution in [0.25, 0.3) is 0 Å². The molecule has 1 saturated heterocycles. The number of nitrogens with one attached hydrogen (secondary N) is 1. The Balaban J connectivity index is 1.64. The Morgan fingerprint density at radius 2 is 2.50 bits per heavy atom. The van der Waals surface area contributed by atoms with Crippen LogP contribution in [0, 0.1) is 0 Å². The normalized spacial score (nSPS) is 25.9. The van der Waals surface area contributed by atoms with Crippen molar-refractivity contribution in [1.29, 1.82) is 0 Å². The first-order chi connectivity index (χ1) is 6.84. The molecule has 0 amide bonds. The average molecular weight is 194 g/mol. The fourth-order valence-corrected chi connectivity index (χ4v) is 1.67. The molecule has 1 atom stereocenters. The molecule has 0 aromatic rings. The number of hydrogen-bond donors (Lipinski definition) is 1. The molecule has 0 bridgehead atoms. The molecule has 2 heterocycles. The summed E-state index contributed by atoms with van der Waals surface area (Å²) in [4.78, 5) is 2.17. The fourth-order valence-electron chi connectivity index (χ4n) is 1.67. The number of likely N-dealkylation sites (N-methyl/N-ethyl adjacent to an activating group) is 1. The van der Waals surface area contributed by atoms with Gasteiger partial charge in [-0.15, -0.1) is 0 Å².